The topological polar surface area (TPSA) is 124 Å². The van der Waals surface area contributed by atoms with Gasteiger partial charge in [-0.2, -0.15) is 0 Å². The van der Waals surface area contributed by atoms with Gasteiger partial charge in [0, 0.05) is 48.0 Å². The number of amides is 1. The smallest absolute Gasteiger partial charge is 0.254 e. The number of hydrogen-bond donors (Lipinski definition) is 4. The summed E-state index contributed by atoms with van der Waals surface area (Å²) < 4.78 is 0.929. The van der Waals surface area contributed by atoms with E-state index in [-0.39, 0.29) is 19.0 Å². The number of aliphatic hydroxyl groups excluding tert-OH is 2. The third-order valence-electron chi connectivity index (χ3n) is 6.14. The summed E-state index contributed by atoms with van der Waals surface area (Å²) in [4.78, 5) is 28.7. The molecule has 4 N–H and O–H groups in total. The number of carbonyl (C=O) groups is 1. The van der Waals surface area contributed by atoms with Crippen molar-refractivity contribution >= 4 is 50.3 Å². The van der Waals surface area contributed by atoms with Crippen LogP contribution in [0.2, 0.25) is 0 Å². The molecular weight excluding hydrogens is 460 g/mol. The van der Waals surface area contributed by atoms with Crippen LogP contribution in [0.25, 0.3) is 10.2 Å². The molecule has 33 heavy (non-hydrogen) atoms. The van der Waals surface area contributed by atoms with Gasteiger partial charge in [-0.05, 0) is 43.7 Å². The van der Waals surface area contributed by atoms with Crippen molar-refractivity contribution in [2.24, 2.45) is 0 Å². The molecule has 3 aromatic rings. The number of carbonyl (C=O) groups excluding carboxylic acids is 1. The van der Waals surface area contributed by atoms with E-state index in [4.69, 9.17) is 0 Å². The number of nitrogens with one attached hydrogen (secondary N) is 2. The highest BCUT2D eigenvalue weighted by Gasteiger charge is 2.33. The zero-order valence-corrected chi connectivity index (χ0v) is 19.8. The fourth-order valence-corrected chi connectivity index (χ4v) is 5.63. The average molecular weight is 487 g/mol. The zero-order chi connectivity index (χ0) is 22.9. The number of likely N-dealkylation sites (tertiary alicyclic amines) is 1. The number of aliphatic hydroxyl groups is 2. The molecule has 1 aliphatic heterocycles. The van der Waals surface area contributed by atoms with Gasteiger partial charge in [-0.3, -0.25) is 4.79 Å². The van der Waals surface area contributed by atoms with Crippen LogP contribution in [0.3, 0.4) is 0 Å². The van der Waals surface area contributed by atoms with Crippen LogP contribution in [-0.4, -0.2) is 79.6 Å². The van der Waals surface area contributed by atoms with Gasteiger partial charge in [-0.15, -0.1) is 11.8 Å². The molecule has 5 rings (SSSR count). The van der Waals surface area contributed by atoms with Crippen LogP contribution in [0, 0.1) is 0 Å². The highest BCUT2D eigenvalue weighted by atomic mass is 32.2. The quantitative estimate of drug-likeness (QED) is 0.389. The van der Waals surface area contributed by atoms with E-state index in [0.717, 1.165) is 39.5 Å². The Bertz CT molecular complexity index is 1130. The van der Waals surface area contributed by atoms with Crippen LogP contribution in [0.5, 0.6) is 0 Å². The van der Waals surface area contributed by atoms with Crippen LogP contribution in [0.15, 0.2) is 35.5 Å². The summed E-state index contributed by atoms with van der Waals surface area (Å²) in [6.07, 6.45) is 6.90. The summed E-state index contributed by atoms with van der Waals surface area (Å²) in [5.41, 5.74) is 1.38. The molecule has 0 unspecified atom stereocenters. The van der Waals surface area contributed by atoms with E-state index < -0.39 is 12.2 Å². The third kappa shape index (κ3) is 4.91. The van der Waals surface area contributed by atoms with E-state index in [1.54, 1.807) is 17.8 Å². The summed E-state index contributed by atoms with van der Waals surface area (Å²) in [6.45, 7) is 0.300. The van der Waals surface area contributed by atoms with Gasteiger partial charge in [-0.1, -0.05) is 11.3 Å². The van der Waals surface area contributed by atoms with Crippen molar-refractivity contribution in [1.29, 1.82) is 0 Å². The standard InChI is InChI=1S/C22H26N6O3S2/c1-32-15-8-23-21(24-9-15)25-13-3-4-14(7-13)26-22-27-16-5-2-12(6-19(16)33-22)20(31)28-10-17(29)18(30)11-28/h2,5-6,8-9,13-14,17-18,29-30H,3-4,7,10-11H2,1H3,(H,26,27)(H,23,24,25)/t13-,14-,17-,18-/m0/s1. The second-order valence-corrected chi connectivity index (χ2v) is 10.4. The average Bonchev–Trinajstić information content (AvgIpc) is 3.52. The van der Waals surface area contributed by atoms with Crippen LogP contribution in [0.1, 0.15) is 29.6 Å². The normalized spacial score (nSPS) is 25.0. The molecule has 2 fully saturated rings. The Kier molecular flexibility index (Phi) is 6.37. The predicted molar refractivity (Wildman–Crippen MR) is 130 cm³/mol. The minimum absolute atomic E-state index is 0.150. The molecule has 3 heterocycles. The van der Waals surface area contributed by atoms with Crippen molar-refractivity contribution in [3.63, 3.8) is 0 Å². The van der Waals surface area contributed by atoms with Crippen LogP contribution < -0.4 is 10.6 Å². The molecule has 174 valence electrons. The van der Waals surface area contributed by atoms with E-state index in [9.17, 15) is 15.0 Å². The van der Waals surface area contributed by atoms with E-state index in [2.05, 4.69) is 25.6 Å². The van der Waals surface area contributed by atoms with E-state index in [1.807, 2.05) is 30.8 Å². The summed E-state index contributed by atoms with van der Waals surface area (Å²) in [5, 5.41) is 27.3. The molecule has 11 heteroatoms. The van der Waals surface area contributed by atoms with Crippen molar-refractivity contribution < 1.29 is 15.0 Å². The lowest BCUT2D eigenvalue weighted by Crippen LogP contribution is -2.29. The molecule has 0 radical (unpaired) electrons. The van der Waals surface area contributed by atoms with Crippen molar-refractivity contribution in [3.8, 4) is 0 Å². The fourth-order valence-electron chi connectivity index (χ4n) is 4.33. The van der Waals surface area contributed by atoms with Gasteiger partial charge in [0.2, 0.25) is 5.95 Å². The number of aromatic nitrogens is 3. The number of hydrogen-bond acceptors (Lipinski definition) is 10. The summed E-state index contributed by atoms with van der Waals surface area (Å²) in [5.74, 6) is 0.474. The first-order chi connectivity index (χ1) is 16.0. The molecule has 1 saturated heterocycles. The van der Waals surface area contributed by atoms with Crippen molar-refractivity contribution in [2.75, 3.05) is 30.0 Å². The molecule has 0 bridgehead atoms. The molecule has 9 nitrogen and oxygen atoms in total. The Morgan fingerprint density at radius 1 is 1.12 bits per heavy atom. The summed E-state index contributed by atoms with van der Waals surface area (Å²) in [7, 11) is 0. The molecule has 2 aliphatic rings. The van der Waals surface area contributed by atoms with Crippen molar-refractivity contribution in [1.82, 2.24) is 19.9 Å². The Hall–Kier alpha value is -2.47. The van der Waals surface area contributed by atoms with Gasteiger partial charge in [0.1, 0.15) is 0 Å². The van der Waals surface area contributed by atoms with Gasteiger partial charge in [0.05, 0.1) is 22.4 Å². The highest BCUT2D eigenvalue weighted by Crippen LogP contribution is 2.31. The molecule has 2 aromatic heterocycles. The lowest BCUT2D eigenvalue weighted by atomic mass is 10.2. The number of β-amino-alcohol motifs (C(OH)–C–C–N with tert-alkyl or cyclic N) is 2. The maximum Gasteiger partial charge on any atom is 0.254 e. The number of nitrogens with zero attached hydrogens (tertiary/aromatic N) is 4. The van der Waals surface area contributed by atoms with Gasteiger partial charge in [0.25, 0.3) is 5.91 Å². The number of benzene rings is 1. The van der Waals surface area contributed by atoms with Crippen LogP contribution >= 0.6 is 23.1 Å². The van der Waals surface area contributed by atoms with Gasteiger partial charge < -0.3 is 25.7 Å². The molecule has 1 aliphatic carbocycles. The number of fused-ring (bicyclic) bond motifs is 1. The number of thioether (sulfide) groups is 1. The lowest BCUT2D eigenvalue weighted by molar-refractivity contribution is 0.0572. The minimum atomic E-state index is -0.886. The van der Waals surface area contributed by atoms with Gasteiger partial charge in [-0.25, -0.2) is 15.0 Å². The maximum atomic E-state index is 12.7. The van der Waals surface area contributed by atoms with Crippen LogP contribution in [0.4, 0.5) is 11.1 Å². The first kappa shape index (κ1) is 22.3. The number of thiazole rings is 1. The Morgan fingerprint density at radius 3 is 2.52 bits per heavy atom. The van der Waals surface area contributed by atoms with Crippen LogP contribution in [-0.2, 0) is 0 Å². The maximum absolute atomic E-state index is 12.7. The Morgan fingerprint density at radius 2 is 1.82 bits per heavy atom. The van der Waals surface area contributed by atoms with E-state index >= 15 is 0 Å². The lowest BCUT2D eigenvalue weighted by Gasteiger charge is -2.15. The fraction of sp³-hybridized carbons (Fsp3) is 0.455. The predicted octanol–water partition coefficient (Wildman–Crippen LogP) is 2.43. The Balaban J connectivity index is 1.20. The molecular formula is C22H26N6O3S2. The largest absolute Gasteiger partial charge is 0.388 e. The second kappa shape index (κ2) is 9.41. The number of rotatable bonds is 6. The molecule has 1 aromatic carbocycles. The molecule has 4 atom stereocenters. The van der Waals surface area contributed by atoms with Gasteiger partial charge >= 0.3 is 0 Å². The minimum Gasteiger partial charge on any atom is -0.388 e. The number of anilines is 2. The van der Waals surface area contributed by atoms with Gasteiger partial charge in [0.15, 0.2) is 5.13 Å². The molecule has 1 amide bonds. The first-order valence-electron chi connectivity index (χ1n) is 10.9. The second-order valence-electron chi connectivity index (χ2n) is 8.49. The zero-order valence-electron chi connectivity index (χ0n) is 18.1. The highest BCUT2D eigenvalue weighted by molar-refractivity contribution is 7.98. The SMILES string of the molecule is CSc1cnc(N[C@H]2CC[C@H](Nc3nc4ccc(C(=O)N5C[C@H](O)[C@@H](O)C5)cc4s3)C2)nc1. The summed E-state index contributed by atoms with van der Waals surface area (Å²) in [6, 6.07) is 6.06. The molecule has 0 spiro atoms. The Labute approximate surface area is 199 Å². The van der Waals surface area contributed by atoms with Crippen molar-refractivity contribution in [2.45, 2.75) is 48.4 Å². The molecule has 1 saturated carbocycles. The third-order valence-corrected chi connectivity index (χ3v) is 7.77. The first-order valence-corrected chi connectivity index (χ1v) is 13.0. The summed E-state index contributed by atoms with van der Waals surface area (Å²) >= 11 is 3.15. The monoisotopic (exact) mass is 486 g/mol. The van der Waals surface area contributed by atoms with E-state index in [1.165, 1.54) is 16.2 Å². The van der Waals surface area contributed by atoms with Crippen molar-refractivity contribution in [3.05, 3.63) is 36.2 Å². The van der Waals surface area contributed by atoms with E-state index in [0.29, 0.717) is 23.6 Å².